The Morgan fingerprint density at radius 2 is 1.64 bits per heavy atom. The third-order valence-electron chi connectivity index (χ3n) is 4.39. The first-order valence-corrected chi connectivity index (χ1v) is 8.66. The fourth-order valence-corrected chi connectivity index (χ4v) is 3.08. The molecule has 28 heavy (non-hydrogen) atoms. The summed E-state index contributed by atoms with van der Waals surface area (Å²) in [4.78, 5) is 27.1. The first-order valence-electron chi connectivity index (χ1n) is 8.66. The Bertz CT molecular complexity index is 948. The van der Waals surface area contributed by atoms with Gasteiger partial charge in [-0.1, -0.05) is 30.3 Å². The van der Waals surface area contributed by atoms with Crippen LogP contribution in [0, 0.1) is 0 Å². The van der Waals surface area contributed by atoms with E-state index in [4.69, 9.17) is 4.74 Å². The van der Waals surface area contributed by atoms with Gasteiger partial charge in [-0.3, -0.25) is 4.98 Å². The quantitative estimate of drug-likeness (QED) is 0.488. The summed E-state index contributed by atoms with van der Waals surface area (Å²) < 4.78 is 5.39. The molecule has 1 aliphatic heterocycles. The number of morpholine rings is 1. The van der Waals surface area contributed by atoms with Crippen molar-refractivity contribution in [1.82, 2.24) is 15.0 Å². The van der Waals surface area contributed by atoms with E-state index in [1.807, 2.05) is 35.2 Å². The van der Waals surface area contributed by atoms with Crippen molar-refractivity contribution in [3.05, 3.63) is 60.4 Å². The molecule has 0 spiro atoms. The number of ether oxygens (including phenoxy) is 1. The first-order chi connectivity index (χ1) is 13.2. The third-order valence-corrected chi connectivity index (χ3v) is 4.39. The van der Waals surface area contributed by atoms with Gasteiger partial charge in [-0.05, 0) is 12.1 Å². The zero-order valence-corrected chi connectivity index (χ0v) is 18.7. The molecule has 1 aliphatic rings. The Labute approximate surface area is 205 Å². The number of aromatic carboxylic acids is 1. The predicted octanol–water partition coefficient (Wildman–Crippen LogP) is -1.59. The summed E-state index contributed by atoms with van der Waals surface area (Å²) in [6, 6.07) is 12.8. The monoisotopic (exact) mass is 400 g/mol. The number of nitrogens with zero attached hydrogens (tertiary/aromatic N) is 4. The molecule has 7 nitrogen and oxygen atoms in total. The number of carboxylic acid groups (broad SMARTS) is 1. The van der Waals surface area contributed by atoms with Crippen molar-refractivity contribution < 1.29 is 66.0 Å². The summed E-state index contributed by atoms with van der Waals surface area (Å²) in [6.45, 7) is 2.14. The van der Waals surface area contributed by atoms with Crippen LogP contribution in [0.15, 0.2) is 54.9 Å². The number of carbonyl (C=O) groups is 1. The van der Waals surface area contributed by atoms with Gasteiger partial charge in [0, 0.05) is 36.6 Å². The van der Waals surface area contributed by atoms with Crippen LogP contribution in [0.1, 0.15) is 10.4 Å². The molecule has 0 saturated carbocycles. The van der Waals surface area contributed by atoms with Crippen molar-refractivity contribution in [2.75, 3.05) is 31.2 Å². The fourth-order valence-electron chi connectivity index (χ4n) is 3.08. The van der Waals surface area contributed by atoms with Crippen LogP contribution in [0.4, 0.5) is 5.82 Å². The topological polar surface area (TPSA) is 91.3 Å². The van der Waals surface area contributed by atoms with Crippen molar-refractivity contribution in [2.24, 2.45) is 0 Å². The average molecular weight is 400 g/mol. The molecule has 1 saturated heterocycles. The van der Waals surface area contributed by atoms with Gasteiger partial charge >= 0.3 is 51.4 Å². The van der Waals surface area contributed by atoms with Crippen molar-refractivity contribution in [1.29, 1.82) is 0 Å². The molecule has 1 fully saturated rings. The number of carbonyl (C=O) groups excluding carboxylic acids is 1. The molecule has 3 aromatic rings. The smallest absolute Gasteiger partial charge is 0.545 e. The van der Waals surface area contributed by atoms with Crippen molar-refractivity contribution in [3.8, 4) is 22.6 Å². The Hall–Kier alpha value is -1.68. The normalized spacial score (nSPS) is 13.6. The van der Waals surface area contributed by atoms with Crippen molar-refractivity contribution in [3.63, 3.8) is 0 Å². The number of anilines is 1. The molecule has 4 rings (SSSR count). The Balaban J connectivity index is 0.00000225. The molecule has 1 aromatic carbocycles. The zero-order chi connectivity index (χ0) is 18.6. The van der Waals surface area contributed by atoms with E-state index in [1.54, 1.807) is 24.5 Å². The SMILES string of the molecule is O=C([O-])c1c(-c2ccccc2)nc(-c2ccncc2)nc1N1CCOCC1.[K+]. The number of pyridine rings is 1. The zero-order valence-electron chi connectivity index (χ0n) is 15.5. The molecule has 3 heterocycles. The maximum atomic E-state index is 12.0. The van der Waals surface area contributed by atoms with Crippen molar-refractivity contribution >= 4 is 11.8 Å². The summed E-state index contributed by atoms with van der Waals surface area (Å²) in [5.74, 6) is -0.488. The van der Waals surface area contributed by atoms with Crippen LogP contribution in [0.2, 0.25) is 0 Å². The number of benzene rings is 1. The Kier molecular flexibility index (Phi) is 7.28. The van der Waals surface area contributed by atoms with E-state index >= 15 is 0 Å². The predicted molar refractivity (Wildman–Crippen MR) is 98.1 cm³/mol. The summed E-state index contributed by atoms with van der Waals surface area (Å²) in [6.07, 6.45) is 3.31. The van der Waals surface area contributed by atoms with Gasteiger partial charge in [-0.15, -0.1) is 0 Å². The van der Waals surface area contributed by atoms with Gasteiger partial charge in [0.05, 0.1) is 30.4 Å². The number of hydrogen-bond acceptors (Lipinski definition) is 7. The van der Waals surface area contributed by atoms with E-state index in [9.17, 15) is 9.90 Å². The van der Waals surface area contributed by atoms with Crippen LogP contribution in [-0.4, -0.2) is 47.2 Å². The molecule has 0 unspecified atom stereocenters. The minimum absolute atomic E-state index is 0. The van der Waals surface area contributed by atoms with Crippen LogP contribution in [0.3, 0.4) is 0 Å². The molecule has 2 aromatic heterocycles. The number of aromatic nitrogens is 3. The maximum absolute atomic E-state index is 12.0. The van der Waals surface area contributed by atoms with E-state index in [-0.39, 0.29) is 56.9 Å². The van der Waals surface area contributed by atoms with E-state index < -0.39 is 5.97 Å². The summed E-state index contributed by atoms with van der Waals surface area (Å²) in [5, 5.41) is 12.0. The molecule has 0 aliphatic carbocycles. The van der Waals surface area contributed by atoms with Gasteiger partial charge in [0.1, 0.15) is 5.82 Å². The second kappa shape index (κ2) is 9.68. The number of rotatable bonds is 4. The minimum Gasteiger partial charge on any atom is -0.545 e. The Morgan fingerprint density at radius 1 is 0.964 bits per heavy atom. The molecule has 0 amide bonds. The van der Waals surface area contributed by atoms with E-state index in [0.717, 1.165) is 5.56 Å². The van der Waals surface area contributed by atoms with E-state index in [1.165, 1.54) is 0 Å². The van der Waals surface area contributed by atoms with Crippen LogP contribution >= 0.6 is 0 Å². The molecule has 8 heteroatoms. The summed E-state index contributed by atoms with van der Waals surface area (Å²) in [5.41, 5.74) is 1.81. The van der Waals surface area contributed by atoms with E-state index in [0.29, 0.717) is 49.2 Å². The molecule has 0 atom stereocenters. The first kappa shape index (κ1) is 21.0. The van der Waals surface area contributed by atoms with Crippen LogP contribution in [0.5, 0.6) is 0 Å². The fraction of sp³-hybridized carbons (Fsp3) is 0.200. The van der Waals surface area contributed by atoms with Gasteiger partial charge in [-0.2, -0.15) is 0 Å². The van der Waals surface area contributed by atoms with Crippen LogP contribution in [0.25, 0.3) is 22.6 Å². The van der Waals surface area contributed by atoms with Gasteiger partial charge in [0.15, 0.2) is 5.82 Å². The molecular weight excluding hydrogens is 383 g/mol. The maximum Gasteiger partial charge on any atom is 1.00 e. The van der Waals surface area contributed by atoms with Gasteiger partial charge in [0.25, 0.3) is 0 Å². The molecule has 0 radical (unpaired) electrons. The van der Waals surface area contributed by atoms with Crippen LogP contribution in [-0.2, 0) is 4.74 Å². The summed E-state index contributed by atoms with van der Waals surface area (Å²) >= 11 is 0. The van der Waals surface area contributed by atoms with Crippen LogP contribution < -0.4 is 61.4 Å². The number of hydrogen-bond donors (Lipinski definition) is 0. The molecule has 0 N–H and O–H groups in total. The van der Waals surface area contributed by atoms with E-state index in [2.05, 4.69) is 15.0 Å². The minimum atomic E-state index is -1.29. The standard InChI is InChI=1S/C20H18N4O3.K/c25-20(26)16-17(14-4-2-1-3-5-14)22-18(15-6-8-21-9-7-15)23-19(16)24-10-12-27-13-11-24;/h1-9H,10-13H2,(H,25,26);/q;+1/p-1. The molecular formula is C20H17KN4O3. The van der Waals surface area contributed by atoms with Gasteiger partial charge in [-0.25, -0.2) is 9.97 Å². The second-order valence-electron chi connectivity index (χ2n) is 6.08. The van der Waals surface area contributed by atoms with Gasteiger partial charge in [0.2, 0.25) is 0 Å². The van der Waals surface area contributed by atoms with Crippen molar-refractivity contribution in [2.45, 2.75) is 0 Å². The largest absolute Gasteiger partial charge is 1.00 e. The van der Waals surface area contributed by atoms with Gasteiger partial charge < -0.3 is 19.5 Å². The summed E-state index contributed by atoms with van der Waals surface area (Å²) in [7, 11) is 0. The molecule has 0 bridgehead atoms. The average Bonchev–Trinajstić information content (AvgIpc) is 2.74. The molecule has 136 valence electrons. The Morgan fingerprint density at radius 3 is 2.29 bits per heavy atom. The second-order valence-corrected chi connectivity index (χ2v) is 6.08. The third kappa shape index (κ3) is 4.48. The number of carboxylic acids is 1.